The molecule has 1 rings (SSSR count). The van der Waals surface area contributed by atoms with Crippen molar-refractivity contribution in [2.45, 2.75) is 20.3 Å². The Kier molecular flexibility index (Phi) is 4.29. The number of amides is 1. The second kappa shape index (κ2) is 5.28. The number of carbonyl (C=O) groups excluding carboxylic acids is 1. The summed E-state index contributed by atoms with van der Waals surface area (Å²) in [6.07, 6.45) is 0.430. The number of anilines is 1. The normalized spacial score (nSPS) is 10.5. The van der Waals surface area contributed by atoms with Gasteiger partial charge in [-0.3, -0.25) is 4.79 Å². The highest BCUT2D eigenvalue weighted by Gasteiger charge is 2.07. The number of rotatable bonds is 3. The Balaban J connectivity index is 2.68. The van der Waals surface area contributed by atoms with Crippen molar-refractivity contribution in [3.63, 3.8) is 0 Å². The van der Waals surface area contributed by atoms with Crippen LogP contribution in [-0.2, 0) is 4.79 Å². The first-order valence-electron chi connectivity index (χ1n) is 4.47. The summed E-state index contributed by atoms with van der Waals surface area (Å²) in [6.45, 7) is 3.92. The van der Waals surface area contributed by atoms with Gasteiger partial charge in [0.25, 0.3) is 0 Å². The zero-order valence-electron chi connectivity index (χ0n) is 8.42. The van der Waals surface area contributed by atoms with Crippen LogP contribution in [0.15, 0.2) is 6.07 Å². The molecule has 0 atom stereocenters. The molecule has 4 nitrogen and oxygen atoms in total. The minimum atomic E-state index is -0.115. The maximum atomic E-state index is 11.4. The zero-order chi connectivity index (χ0) is 11.4. The van der Waals surface area contributed by atoms with E-state index in [0.29, 0.717) is 12.2 Å². The van der Waals surface area contributed by atoms with E-state index in [1.807, 2.05) is 13.8 Å². The first kappa shape index (κ1) is 12.2. The zero-order valence-corrected chi connectivity index (χ0v) is 9.93. The molecule has 0 fully saturated rings. The molecule has 1 amide bonds. The third-order valence-electron chi connectivity index (χ3n) is 1.53. The van der Waals surface area contributed by atoms with E-state index in [1.54, 1.807) is 0 Å². The molecule has 1 aromatic rings. The van der Waals surface area contributed by atoms with Crippen molar-refractivity contribution in [3.8, 4) is 0 Å². The fourth-order valence-corrected chi connectivity index (χ4v) is 1.43. The van der Waals surface area contributed by atoms with Gasteiger partial charge in [0.15, 0.2) is 0 Å². The Morgan fingerprint density at radius 2 is 2.13 bits per heavy atom. The largest absolute Gasteiger partial charge is 0.311 e. The number of nitrogens with zero attached hydrogens (tertiary/aromatic N) is 2. The minimum Gasteiger partial charge on any atom is -0.311 e. The van der Waals surface area contributed by atoms with Crippen LogP contribution >= 0.6 is 23.2 Å². The van der Waals surface area contributed by atoms with E-state index in [1.165, 1.54) is 6.07 Å². The van der Waals surface area contributed by atoms with Gasteiger partial charge in [0.05, 0.1) is 0 Å². The quantitative estimate of drug-likeness (QED) is 0.661. The summed E-state index contributed by atoms with van der Waals surface area (Å²) in [4.78, 5) is 18.9. The lowest BCUT2D eigenvalue weighted by molar-refractivity contribution is -0.116. The molecule has 1 heterocycles. The summed E-state index contributed by atoms with van der Waals surface area (Å²) in [6, 6.07) is 1.45. The summed E-state index contributed by atoms with van der Waals surface area (Å²) in [5, 5.41) is 2.82. The van der Waals surface area contributed by atoms with Crippen LogP contribution in [0.2, 0.25) is 10.4 Å². The second-order valence-corrected chi connectivity index (χ2v) is 4.22. The Morgan fingerprint density at radius 1 is 1.47 bits per heavy atom. The van der Waals surface area contributed by atoms with E-state index in [4.69, 9.17) is 23.2 Å². The molecule has 0 aliphatic rings. The van der Waals surface area contributed by atoms with E-state index in [0.717, 1.165) is 0 Å². The van der Waals surface area contributed by atoms with Gasteiger partial charge in [0, 0.05) is 12.5 Å². The first-order chi connectivity index (χ1) is 6.97. The van der Waals surface area contributed by atoms with Crippen LogP contribution in [0.25, 0.3) is 0 Å². The van der Waals surface area contributed by atoms with Gasteiger partial charge in [-0.2, -0.15) is 0 Å². The van der Waals surface area contributed by atoms with Gasteiger partial charge in [-0.25, -0.2) is 9.97 Å². The standard InChI is InChI=1S/C9H11Cl2N3O/c1-5(2)3-8(15)13-7-4-6(10)12-9(11)14-7/h4-5H,3H2,1-2H3,(H,12,13,14,15). The maximum absolute atomic E-state index is 11.4. The highest BCUT2D eigenvalue weighted by atomic mass is 35.5. The number of hydrogen-bond donors (Lipinski definition) is 1. The van der Waals surface area contributed by atoms with Gasteiger partial charge in [0.2, 0.25) is 11.2 Å². The fourth-order valence-electron chi connectivity index (χ4n) is 1.02. The SMILES string of the molecule is CC(C)CC(=O)Nc1cc(Cl)nc(Cl)n1. The predicted molar refractivity (Wildman–Crippen MR) is 60.1 cm³/mol. The number of halogens is 2. The van der Waals surface area contributed by atoms with Crippen molar-refractivity contribution in [2.24, 2.45) is 5.92 Å². The second-order valence-electron chi connectivity index (χ2n) is 3.49. The van der Waals surface area contributed by atoms with Gasteiger partial charge in [-0.1, -0.05) is 25.4 Å². The van der Waals surface area contributed by atoms with Crippen molar-refractivity contribution in [2.75, 3.05) is 5.32 Å². The monoisotopic (exact) mass is 247 g/mol. The number of hydrogen-bond acceptors (Lipinski definition) is 3. The minimum absolute atomic E-state index is 0.0161. The number of nitrogens with one attached hydrogen (secondary N) is 1. The van der Waals surface area contributed by atoms with Crippen LogP contribution in [0.5, 0.6) is 0 Å². The van der Waals surface area contributed by atoms with Crippen LogP contribution in [0.4, 0.5) is 5.82 Å². The van der Waals surface area contributed by atoms with Crippen molar-refractivity contribution in [1.29, 1.82) is 0 Å². The summed E-state index contributed by atoms with van der Waals surface area (Å²) < 4.78 is 0. The van der Waals surface area contributed by atoms with Crippen molar-refractivity contribution < 1.29 is 4.79 Å². The van der Waals surface area contributed by atoms with Crippen LogP contribution in [0.3, 0.4) is 0 Å². The van der Waals surface area contributed by atoms with Gasteiger partial charge < -0.3 is 5.32 Å². The van der Waals surface area contributed by atoms with Crippen LogP contribution in [-0.4, -0.2) is 15.9 Å². The molecular weight excluding hydrogens is 237 g/mol. The smallest absolute Gasteiger partial charge is 0.225 e. The fraction of sp³-hybridized carbons (Fsp3) is 0.444. The molecule has 82 valence electrons. The first-order valence-corrected chi connectivity index (χ1v) is 5.23. The molecule has 0 bridgehead atoms. The van der Waals surface area contributed by atoms with E-state index >= 15 is 0 Å². The summed E-state index contributed by atoms with van der Waals surface area (Å²) in [7, 11) is 0. The van der Waals surface area contributed by atoms with Crippen LogP contribution < -0.4 is 5.32 Å². The van der Waals surface area contributed by atoms with Gasteiger partial charge in [-0.15, -0.1) is 0 Å². The molecule has 0 radical (unpaired) electrons. The molecule has 1 aromatic heterocycles. The molecule has 0 aliphatic heterocycles. The number of aromatic nitrogens is 2. The predicted octanol–water partition coefficient (Wildman–Crippen LogP) is 2.77. The molecular formula is C9H11Cl2N3O. The molecule has 15 heavy (non-hydrogen) atoms. The van der Waals surface area contributed by atoms with Crippen LogP contribution in [0.1, 0.15) is 20.3 Å². The summed E-state index contributed by atoms with van der Waals surface area (Å²) >= 11 is 11.2. The number of carbonyl (C=O) groups is 1. The van der Waals surface area contributed by atoms with E-state index in [-0.39, 0.29) is 22.3 Å². The van der Waals surface area contributed by atoms with Gasteiger partial charge in [0.1, 0.15) is 11.0 Å². The molecule has 1 N–H and O–H groups in total. The topological polar surface area (TPSA) is 54.9 Å². The highest BCUT2D eigenvalue weighted by molar-refractivity contribution is 6.32. The van der Waals surface area contributed by atoms with Crippen molar-refractivity contribution in [1.82, 2.24) is 9.97 Å². The molecule has 0 aliphatic carbocycles. The molecule has 0 unspecified atom stereocenters. The van der Waals surface area contributed by atoms with E-state index in [2.05, 4.69) is 15.3 Å². The molecule has 0 saturated carbocycles. The van der Waals surface area contributed by atoms with E-state index in [9.17, 15) is 4.79 Å². The third kappa shape index (κ3) is 4.44. The average Bonchev–Trinajstić information content (AvgIpc) is 1.98. The lowest BCUT2D eigenvalue weighted by atomic mass is 10.1. The molecule has 0 aromatic carbocycles. The summed E-state index contributed by atoms with van der Waals surface area (Å²) in [5.41, 5.74) is 0. The average molecular weight is 248 g/mol. The van der Waals surface area contributed by atoms with Crippen molar-refractivity contribution >= 4 is 34.9 Å². The van der Waals surface area contributed by atoms with Crippen molar-refractivity contribution in [3.05, 3.63) is 16.5 Å². The third-order valence-corrected chi connectivity index (χ3v) is 1.89. The Bertz CT molecular complexity index is 348. The molecule has 0 spiro atoms. The molecule has 6 heteroatoms. The van der Waals surface area contributed by atoms with E-state index < -0.39 is 0 Å². The Morgan fingerprint density at radius 3 is 2.67 bits per heavy atom. The molecule has 0 saturated heterocycles. The Labute approximate surface area is 98.0 Å². The Hall–Kier alpha value is -0.870. The van der Waals surface area contributed by atoms with Gasteiger partial charge >= 0.3 is 0 Å². The summed E-state index contributed by atoms with van der Waals surface area (Å²) in [5.74, 6) is 0.499. The maximum Gasteiger partial charge on any atom is 0.225 e. The van der Waals surface area contributed by atoms with Gasteiger partial charge in [-0.05, 0) is 17.5 Å². The lowest BCUT2D eigenvalue weighted by Crippen LogP contribution is -2.14. The lowest BCUT2D eigenvalue weighted by Gasteiger charge is -2.06. The van der Waals surface area contributed by atoms with Crippen LogP contribution in [0, 0.1) is 5.92 Å². The highest BCUT2D eigenvalue weighted by Crippen LogP contribution is 2.14.